The Morgan fingerprint density at radius 1 is 1.06 bits per heavy atom. The van der Waals surface area contributed by atoms with Crippen molar-refractivity contribution in [3.63, 3.8) is 0 Å². The van der Waals surface area contributed by atoms with Crippen molar-refractivity contribution in [2.75, 3.05) is 6.61 Å². The zero-order valence-corrected chi connectivity index (χ0v) is 10.8. The van der Waals surface area contributed by atoms with Crippen molar-refractivity contribution in [2.45, 2.75) is 53.2 Å². The molecular weight excluding hydrogens is 198 g/mol. The van der Waals surface area contributed by atoms with Gasteiger partial charge in [-0.05, 0) is 26.3 Å². The fraction of sp³-hybridized carbons (Fsp3) is 0.643. The van der Waals surface area contributed by atoms with E-state index in [1.807, 2.05) is 0 Å². The van der Waals surface area contributed by atoms with E-state index in [0.717, 1.165) is 6.61 Å². The molecule has 0 unspecified atom stereocenters. The minimum atomic E-state index is 0.675. The van der Waals surface area contributed by atoms with Crippen molar-refractivity contribution in [1.82, 2.24) is 0 Å². The van der Waals surface area contributed by atoms with Crippen molar-refractivity contribution in [3.05, 3.63) is 29.6 Å². The molecule has 0 atom stereocenters. The van der Waals surface area contributed by atoms with Crippen LogP contribution in [0.15, 0.2) is 18.5 Å². The molecule has 90 valence electrons. The van der Waals surface area contributed by atoms with E-state index in [-0.39, 0.29) is 0 Å². The number of rotatable bonds is 7. The highest BCUT2D eigenvalue weighted by atomic mass is 16.5. The number of unbranched alkanes of at least 4 members (excludes halogenated alkanes) is 3. The summed E-state index contributed by atoms with van der Waals surface area (Å²) < 4.78 is 7.75. The maximum atomic E-state index is 5.64. The Morgan fingerprint density at radius 3 is 2.38 bits per heavy atom. The summed E-state index contributed by atoms with van der Waals surface area (Å²) in [5, 5.41) is 0. The predicted octanol–water partition coefficient (Wildman–Crippen LogP) is 3.15. The van der Waals surface area contributed by atoms with Gasteiger partial charge in [0.2, 0.25) is 0 Å². The summed E-state index contributed by atoms with van der Waals surface area (Å²) in [6, 6.07) is 2.18. The lowest BCUT2D eigenvalue weighted by molar-refractivity contribution is -0.733. The van der Waals surface area contributed by atoms with E-state index < -0.39 is 0 Å². The molecule has 1 aromatic rings. The van der Waals surface area contributed by atoms with Crippen LogP contribution in [0.3, 0.4) is 0 Å². The number of pyridine rings is 1. The molecule has 0 bridgehead atoms. The summed E-state index contributed by atoms with van der Waals surface area (Å²) >= 11 is 0. The number of aromatic nitrogens is 1. The molecule has 0 aliphatic rings. The number of nitrogens with zero attached hydrogens (tertiary/aromatic N) is 1. The van der Waals surface area contributed by atoms with Gasteiger partial charge in [0.05, 0.1) is 6.61 Å². The molecule has 0 N–H and O–H groups in total. The number of ether oxygens (including phenoxy) is 1. The second-order valence-electron chi connectivity index (χ2n) is 4.50. The van der Waals surface area contributed by atoms with Crippen molar-refractivity contribution in [1.29, 1.82) is 0 Å². The normalized spacial score (nSPS) is 10.7. The van der Waals surface area contributed by atoms with Crippen molar-refractivity contribution in [3.8, 4) is 0 Å². The molecule has 1 rings (SSSR count). The van der Waals surface area contributed by atoms with Gasteiger partial charge < -0.3 is 4.74 Å². The molecule has 0 radical (unpaired) electrons. The van der Waals surface area contributed by atoms with Crippen LogP contribution in [0, 0.1) is 13.8 Å². The van der Waals surface area contributed by atoms with Gasteiger partial charge in [0.25, 0.3) is 6.73 Å². The van der Waals surface area contributed by atoms with Gasteiger partial charge in [0, 0.05) is 11.1 Å². The highest BCUT2D eigenvalue weighted by molar-refractivity contribution is 5.11. The molecule has 0 aromatic carbocycles. The second kappa shape index (κ2) is 7.39. The molecule has 0 aliphatic heterocycles. The Morgan fingerprint density at radius 2 is 1.75 bits per heavy atom. The number of aryl methyl sites for hydroxylation is 2. The molecule has 1 heterocycles. The van der Waals surface area contributed by atoms with Crippen LogP contribution in [-0.4, -0.2) is 6.61 Å². The van der Waals surface area contributed by atoms with E-state index in [2.05, 4.69) is 43.8 Å². The maximum absolute atomic E-state index is 5.64. The molecule has 2 nitrogen and oxygen atoms in total. The summed E-state index contributed by atoms with van der Waals surface area (Å²) in [6.07, 6.45) is 9.32. The first-order valence-electron chi connectivity index (χ1n) is 6.27. The molecule has 0 saturated heterocycles. The average molecular weight is 222 g/mol. The average Bonchev–Trinajstić information content (AvgIpc) is 2.22. The smallest absolute Gasteiger partial charge is 0.252 e. The lowest BCUT2D eigenvalue weighted by Gasteiger charge is -2.02. The largest absolute Gasteiger partial charge is 0.323 e. The van der Waals surface area contributed by atoms with Crippen LogP contribution in [0.5, 0.6) is 0 Å². The van der Waals surface area contributed by atoms with E-state index in [9.17, 15) is 0 Å². The molecule has 1 aromatic heterocycles. The Balaban J connectivity index is 2.21. The molecule has 0 spiro atoms. The Hall–Kier alpha value is -0.890. The second-order valence-corrected chi connectivity index (χ2v) is 4.50. The standard InChI is InChI=1S/C14H24NO/c1-4-5-6-7-8-16-12-15-10-13(2)9-14(3)11-15/h9-11H,4-8,12H2,1-3H3/q+1. The van der Waals surface area contributed by atoms with Gasteiger partial charge >= 0.3 is 0 Å². The fourth-order valence-corrected chi connectivity index (χ4v) is 1.87. The summed E-state index contributed by atoms with van der Waals surface area (Å²) in [6.45, 7) is 8.01. The van der Waals surface area contributed by atoms with Crippen LogP contribution in [0.2, 0.25) is 0 Å². The lowest BCUT2D eigenvalue weighted by Crippen LogP contribution is -2.35. The van der Waals surface area contributed by atoms with Crippen molar-refractivity contribution < 1.29 is 9.30 Å². The third kappa shape index (κ3) is 5.26. The van der Waals surface area contributed by atoms with Gasteiger partial charge in [-0.1, -0.05) is 26.2 Å². The molecule has 16 heavy (non-hydrogen) atoms. The van der Waals surface area contributed by atoms with Crippen molar-refractivity contribution in [2.24, 2.45) is 0 Å². The Bertz CT molecular complexity index is 289. The van der Waals surface area contributed by atoms with Gasteiger partial charge in [-0.15, -0.1) is 0 Å². The van der Waals surface area contributed by atoms with Gasteiger partial charge in [-0.3, -0.25) is 0 Å². The molecule has 0 aliphatic carbocycles. The van der Waals surface area contributed by atoms with Gasteiger partial charge in [0.15, 0.2) is 12.4 Å². The first kappa shape index (κ1) is 13.2. The minimum absolute atomic E-state index is 0.675. The van der Waals surface area contributed by atoms with Crippen LogP contribution in [0.4, 0.5) is 0 Å². The zero-order valence-electron chi connectivity index (χ0n) is 10.8. The third-order valence-electron chi connectivity index (χ3n) is 2.58. The first-order valence-corrected chi connectivity index (χ1v) is 6.27. The SMILES string of the molecule is CCCCCCOC[n+]1cc(C)cc(C)c1. The van der Waals surface area contributed by atoms with E-state index in [1.54, 1.807) is 0 Å². The molecular formula is C14H24NO+. The Kier molecular flexibility index (Phi) is 6.09. The number of hydrogen-bond donors (Lipinski definition) is 0. The topological polar surface area (TPSA) is 13.1 Å². The van der Waals surface area contributed by atoms with E-state index in [4.69, 9.17) is 4.74 Å². The molecule has 0 fully saturated rings. The summed E-state index contributed by atoms with van der Waals surface area (Å²) in [5.74, 6) is 0. The highest BCUT2D eigenvalue weighted by Crippen LogP contribution is 2.00. The van der Waals surface area contributed by atoms with Crippen LogP contribution < -0.4 is 4.57 Å². The van der Waals surface area contributed by atoms with Crippen LogP contribution >= 0.6 is 0 Å². The predicted molar refractivity (Wildman–Crippen MR) is 66.2 cm³/mol. The zero-order chi connectivity index (χ0) is 11.8. The third-order valence-corrected chi connectivity index (χ3v) is 2.58. The van der Waals surface area contributed by atoms with Crippen LogP contribution in [0.25, 0.3) is 0 Å². The summed E-state index contributed by atoms with van der Waals surface area (Å²) in [4.78, 5) is 0. The summed E-state index contributed by atoms with van der Waals surface area (Å²) in [7, 11) is 0. The monoisotopic (exact) mass is 222 g/mol. The fourth-order valence-electron chi connectivity index (χ4n) is 1.87. The molecule has 0 amide bonds. The quantitative estimate of drug-likeness (QED) is 0.510. The number of hydrogen-bond acceptors (Lipinski definition) is 1. The minimum Gasteiger partial charge on any atom is -0.323 e. The maximum Gasteiger partial charge on any atom is 0.252 e. The van der Waals surface area contributed by atoms with Gasteiger partial charge in [-0.2, -0.15) is 4.57 Å². The van der Waals surface area contributed by atoms with E-state index in [0.29, 0.717) is 6.73 Å². The van der Waals surface area contributed by atoms with Crippen molar-refractivity contribution >= 4 is 0 Å². The highest BCUT2D eigenvalue weighted by Gasteiger charge is 2.02. The van der Waals surface area contributed by atoms with Crippen LogP contribution in [0.1, 0.15) is 43.7 Å². The molecule has 2 heteroatoms. The lowest BCUT2D eigenvalue weighted by atomic mass is 10.2. The summed E-state index contributed by atoms with van der Waals surface area (Å²) in [5.41, 5.74) is 2.57. The Labute approximate surface area is 99.3 Å². The van der Waals surface area contributed by atoms with E-state index >= 15 is 0 Å². The molecule has 0 saturated carbocycles. The first-order chi connectivity index (χ1) is 7.72. The van der Waals surface area contributed by atoms with E-state index in [1.165, 1.54) is 36.8 Å². The van der Waals surface area contributed by atoms with Crippen LogP contribution in [-0.2, 0) is 11.5 Å². The van der Waals surface area contributed by atoms with Gasteiger partial charge in [0.1, 0.15) is 0 Å². The van der Waals surface area contributed by atoms with Gasteiger partial charge in [-0.25, -0.2) is 0 Å².